The van der Waals surface area contributed by atoms with Gasteiger partial charge in [-0.15, -0.1) is 12.4 Å². The maximum absolute atomic E-state index is 12.4. The van der Waals surface area contributed by atoms with Crippen molar-refractivity contribution in [3.8, 4) is 0 Å². The Morgan fingerprint density at radius 3 is 2.70 bits per heavy atom. The van der Waals surface area contributed by atoms with Gasteiger partial charge in [-0.3, -0.25) is 9.59 Å². The molecule has 3 N–H and O–H groups in total. The zero-order chi connectivity index (χ0) is 15.6. The van der Waals surface area contributed by atoms with Crippen molar-refractivity contribution in [1.29, 1.82) is 0 Å². The summed E-state index contributed by atoms with van der Waals surface area (Å²) in [5.74, 6) is 0.0964. The molecule has 1 unspecified atom stereocenters. The highest BCUT2D eigenvalue weighted by Gasteiger charge is 2.18. The molecule has 1 heterocycles. The molecule has 2 amide bonds. The lowest BCUT2D eigenvalue weighted by Gasteiger charge is -2.16. The molecule has 1 aliphatic rings. The van der Waals surface area contributed by atoms with Crippen molar-refractivity contribution >= 4 is 24.2 Å². The number of halogens is 1. The van der Waals surface area contributed by atoms with Gasteiger partial charge in [-0.05, 0) is 31.4 Å². The van der Waals surface area contributed by atoms with Crippen molar-refractivity contribution in [2.75, 3.05) is 19.6 Å². The molecular weight excluding hydrogens is 314 g/mol. The highest BCUT2D eigenvalue weighted by Crippen LogP contribution is 2.12. The Labute approximate surface area is 144 Å². The number of benzene rings is 1. The molecule has 1 fully saturated rings. The highest BCUT2D eigenvalue weighted by molar-refractivity contribution is 5.85. The lowest BCUT2D eigenvalue weighted by Crippen LogP contribution is -2.33. The van der Waals surface area contributed by atoms with Gasteiger partial charge in [-0.2, -0.15) is 0 Å². The molecule has 0 radical (unpaired) electrons. The summed E-state index contributed by atoms with van der Waals surface area (Å²) in [5.41, 5.74) is 1.10. The van der Waals surface area contributed by atoms with E-state index in [1.807, 2.05) is 30.3 Å². The molecule has 1 aromatic rings. The second-order valence-electron chi connectivity index (χ2n) is 5.68. The number of nitrogens with one attached hydrogen (secondary N) is 3. The number of amides is 2. The van der Waals surface area contributed by atoms with E-state index in [2.05, 4.69) is 16.0 Å². The van der Waals surface area contributed by atoms with Gasteiger partial charge in [0.05, 0.1) is 0 Å². The van der Waals surface area contributed by atoms with Gasteiger partial charge in [-0.1, -0.05) is 30.3 Å². The van der Waals surface area contributed by atoms with Crippen LogP contribution in [0.4, 0.5) is 0 Å². The molecule has 0 saturated carbocycles. The van der Waals surface area contributed by atoms with Crippen LogP contribution in [0.15, 0.2) is 30.3 Å². The second kappa shape index (κ2) is 11.0. The summed E-state index contributed by atoms with van der Waals surface area (Å²) in [4.78, 5) is 23.9. The van der Waals surface area contributed by atoms with Crippen LogP contribution in [-0.2, 0) is 16.1 Å². The molecule has 2 rings (SSSR count). The highest BCUT2D eigenvalue weighted by atomic mass is 35.5. The van der Waals surface area contributed by atoms with Crippen molar-refractivity contribution in [2.45, 2.75) is 32.2 Å². The van der Waals surface area contributed by atoms with Crippen LogP contribution in [0.25, 0.3) is 0 Å². The smallest absolute Gasteiger partial charge is 0.223 e. The summed E-state index contributed by atoms with van der Waals surface area (Å²) in [6, 6.07) is 9.90. The van der Waals surface area contributed by atoms with E-state index in [1.54, 1.807) is 0 Å². The van der Waals surface area contributed by atoms with Crippen LogP contribution >= 0.6 is 12.4 Å². The van der Waals surface area contributed by atoms with Gasteiger partial charge in [-0.25, -0.2) is 0 Å². The molecule has 6 heteroatoms. The van der Waals surface area contributed by atoms with E-state index in [-0.39, 0.29) is 30.1 Å². The summed E-state index contributed by atoms with van der Waals surface area (Å²) in [7, 11) is 0. The molecule has 5 nitrogen and oxygen atoms in total. The van der Waals surface area contributed by atoms with Crippen LogP contribution in [0.2, 0.25) is 0 Å². The number of rotatable bonds is 3. The molecule has 1 saturated heterocycles. The zero-order valence-electron chi connectivity index (χ0n) is 13.3. The molecule has 23 heavy (non-hydrogen) atoms. The zero-order valence-corrected chi connectivity index (χ0v) is 14.2. The van der Waals surface area contributed by atoms with Gasteiger partial charge in [0.15, 0.2) is 0 Å². The lowest BCUT2D eigenvalue weighted by molar-refractivity contribution is -0.126. The summed E-state index contributed by atoms with van der Waals surface area (Å²) >= 11 is 0. The molecular formula is C17H26ClN3O2. The van der Waals surface area contributed by atoms with Gasteiger partial charge >= 0.3 is 0 Å². The first kappa shape index (κ1) is 19.5. The fourth-order valence-electron chi connectivity index (χ4n) is 2.61. The second-order valence-corrected chi connectivity index (χ2v) is 5.68. The molecule has 1 aliphatic heterocycles. The Morgan fingerprint density at radius 2 is 1.91 bits per heavy atom. The van der Waals surface area contributed by atoms with E-state index >= 15 is 0 Å². The molecule has 128 valence electrons. The molecule has 0 bridgehead atoms. The van der Waals surface area contributed by atoms with Gasteiger partial charge in [0, 0.05) is 32.0 Å². The monoisotopic (exact) mass is 339 g/mol. The summed E-state index contributed by atoms with van der Waals surface area (Å²) in [5, 5.41) is 9.13. The molecule has 0 spiro atoms. The Hall–Kier alpha value is -1.59. The predicted octanol–water partition coefficient (Wildman–Crippen LogP) is 1.62. The SMILES string of the molecule is Cl.O=C1CCNCCCC(C(=O)NCc2ccccc2)CCN1. The Bertz CT molecular complexity index is 482. The average Bonchev–Trinajstić information content (AvgIpc) is 2.59. The third-order valence-electron chi connectivity index (χ3n) is 3.93. The van der Waals surface area contributed by atoms with Crippen LogP contribution in [0.5, 0.6) is 0 Å². The Kier molecular flexibility index (Phi) is 9.33. The van der Waals surface area contributed by atoms with E-state index in [9.17, 15) is 9.59 Å². The van der Waals surface area contributed by atoms with E-state index < -0.39 is 0 Å². The quantitative estimate of drug-likeness (QED) is 0.783. The maximum Gasteiger partial charge on any atom is 0.223 e. The van der Waals surface area contributed by atoms with Crippen LogP contribution in [0.1, 0.15) is 31.2 Å². The first-order chi connectivity index (χ1) is 10.8. The van der Waals surface area contributed by atoms with Gasteiger partial charge in [0.1, 0.15) is 0 Å². The minimum atomic E-state index is -0.0380. The third-order valence-corrected chi connectivity index (χ3v) is 3.93. The van der Waals surface area contributed by atoms with E-state index in [0.717, 1.165) is 24.9 Å². The van der Waals surface area contributed by atoms with E-state index in [1.165, 1.54) is 0 Å². The standard InChI is InChI=1S/C17H25N3O2.ClH/c21-16-9-11-18-10-4-7-15(8-12-19-16)17(22)20-13-14-5-2-1-3-6-14;/h1-3,5-6,15,18H,4,7-13H2,(H,19,21)(H,20,22);1H. The largest absolute Gasteiger partial charge is 0.356 e. The first-order valence-corrected chi connectivity index (χ1v) is 8.05. The van der Waals surface area contributed by atoms with Crippen LogP contribution in [-0.4, -0.2) is 31.4 Å². The molecule has 0 aliphatic carbocycles. The normalized spacial score (nSPS) is 19.7. The Balaban J connectivity index is 0.00000264. The fraction of sp³-hybridized carbons (Fsp3) is 0.529. The summed E-state index contributed by atoms with van der Waals surface area (Å²) < 4.78 is 0. The van der Waals surface area contributed by atoms with E-state index in [0.29, 0.717) is 32.5 Å². The van der Waals surface area contributed by atoms with Gasteiger partial charge in [0.25, 0.3) is 0 Å². The number of hydrogen-bond acceptors (Lipinski definition) is 3. The maximum atomic E-state index is 12.4. The lowest BCUT2D eigenvalue weighted by atomic mass is 9.98. The summed E-state index contributed by atoms with van der Waals surface area (Å²) in [6.07, 6.45) is 3.01. The van der Waals surface area contributed by atoms with Crippen molar-refractivity contribution in [3.63, 3.8) is 0 Å². The van der Waals surface area contributed by atoms with Crippen molar-refractivity contribution in [3.05, 3.63) is 35.9 Å². The minimum Gasteiger partial charge on any atom is -0.356 e. The van der Waals surface area contributed by atoms with Gasteiger partial charge < -0.3 is 16.0 Å². The summed E-state index contributed by atoms with van der Waals surface area (Å²) in [6.45, 7) is 2.69. The van der Waals surface area contributed by atoms with Crippen LogP contribution < -0.4 is 16.0 Å². The molecule has 0 aromatic heterocycles. The van der Waals surface area contributed by atoms with Crippen LogP contribution in [0.3, 0.4) is 0 Å². The Morgan fingerprint density at radius 1 is 1.13 bits per heavy atom. The molecule has 1 atom stereocenters. The predicted molar refractivity (Wildman–Crippen MR) is 93.4 cm³/mol. The third kappa shape index (κ3) is 7.48. The minimum absolute atomic E-state index is 0. The number of carbonyl (C=O) groups is 2. The molecule has 1 aromatic carbocycles. The van der Waals surface area contributed by atoms with Crippen molar-refractivity contribution < 1.29 is 9.59 Å². The fourth-order valence-corrected chi connectivity index (χ4v) is 2.61. The first-order valence-electron chi connectivity index (χ1n) is 8.05. The van der Waals surface area contributed by atoms with Crippen LogP contribution in [0, 0.1) is 5.92 Å². The number of hydrogen-bond donors (Lipinski definition) is 3. The topological polar surface area (TPSA) is 70.2 Å². The average molecular weight is 340 g/mol. The van der Waals surface area contributed by atoms with Gasteiger partial charge in [0.2, 0.25) is 11.8 Å². The van der Waals surface area contributed by atoms with E-state index in [4.69, 9.17) is 0 Å². The van der Waals surface area contributed by atoms with Crippen molar-refractivity contribution in [1.82, 2.24) is 16.0 Å². The van der Waals surface area contributed by atoms with Crippen molar-refractivity contribution in [2.24, 2.45) is 5.92 Å². The number of carbonyl (C=O) groups excluding carboxylic acids is 2.